The smallest absolute Gasteiger partial charge is 0.0398 e. The molecule has 0 radical (unpaired) electrons. The highest BCUT2D eigenvalue weighted by Crippen LogP contribution is 1.92. The maximum atomic E-state index is 2.08. The topological polar surface area (TPSA) is 0 Å². The molecule has 3 aromatic rings. The molecule has 0 aliphatic heterocycles. The van der Waals surface area contributed by atoms with Crippen LogP contribution in [-0.2, 0) is 0 Å². The highest BCUT2D eigenvalue weighted by molar-refractivity contribution is 5.12. The van der Waals surface area contributed by atoms with E-state index in [1.807, 2.05) is 128 Å². The molecule has 0 atom stereocenters. The molecule has 3 aromatic carbocycles. The summed E-state index contributed by atoms with van der Waals surface area (Å²) in [6.07, 6.45) is 0. The van der Waals surface area contributed by atoms with Gasteiger partial charge in [0.05, 0.1) is 0 Å². The molecule has 0 aromatic heterocycles. The summed E-state index contributed by atoms with van der Waals surface area (Å²) in [6, 6.07) is 32.5. The Bertz CT molecular complexity index is 463. The zero-order valence-corrected chi connectivity index (χ0v) is 20.2. The van der Waals surface area contributed by atoms with Gasteiger partial charge in [0.25, 0.3) is 0 Å². The van der Waals surface area contributed by atoms with Crippen LogP contribution in [-0.4, -0.2) is 0 Å². The second-order valence-electron chi connectivity index (χ2n) is 4.46. The van der Waals surface area contributed by atoms with Crippen LogP contribution in [0.15, 0.2) is 97.1 Å². The molecule has 0 nitrogen and oxygen atoms in total. The third-order valence-electron chi connectivity index (χ3n) is 2.55. The summed E-state index contributed by atoms with van der Waals surface area (Å²) in [4.78, 5) is 0. The first-order valence-corrected chi connectivity index (χ1v) is 10.8. The lowest BCUT2D eigenvalue weighted by molar-refractivity contribution is 1.48. The highest BCUT2D eigenvalue weighted by atomic mass is 13.8. The van der Waals surface area contributed by atoms with E-state index in [0.29, 0.717) is 0 Å². The lowest BCUT2D eigenvalue weighted by Gasteiger charge is -1.82. The Morgan fingerprint density at radius 3 is 0.536 bits per heavy atom. The van der Waals surface area contributed by atoms with E-state index >= 15 is 0 Å². The van der Waals surface area contributed by atoms with Crippen molar-refractivity contribution in [1.82, 2.24) is 0 Å². The molecule has 0 amide bonds. The Morgan fingerprint density at radius 2 is 0.429 bits per heavy atom. The predicted molar refractivity (Wildman–Crippen MR) is 134 cm³/mol. The average Bonchev–Trinajstić information content (AvgIpc) is 2.82. The first-order chi connectivity index (χ1) is 13.8. The SMILES string of the molecule is CC.CC.CC.CC.Cc1ccccc1.Cc1ccccc1.c1ccccc1. The van der Waals surface area contributed by atoms with Crippen LogP contribution >= 0.6 is 0 Å². The van der Waals surface area contributed by atoms with E-state index in [1.165, 1.54) is 11.1 Å². The zero-order valence-electron chi connectivity index (χ0n) is 20.2. The first-order valence-electron chi connectivity index (χ1n) is 10.8. The molecule has 158 valence electrons. The van der Waals surface area contributed by atoms with Gasteiger partial charge in [-0.2, -0.15) is 0 Å². The average molecular weight is 383 g/mol. The van der Waals surface area contributed by atoms with Crippen LogP contribution in [0.3, 0.4) is 0 Å². The van der Waals surface area contributed by atoms with Gasteiger partial charge in [-0.15, -0.1) is 0 Å². The first kappa shape index (κ1) is 33.3. The second-order valence-corrected chi connectivity index (χ2v) is 4.46. The Hall–Kier alpha value is -2.34. The molecule has 0 fully saturated rings. The molecule has 3 rings (SSSR count). The van der Waals surface area contributed by atoms with Crippen LogP contribution in [0.2, 0.25) is 0 Å². The highest BCUT2D eigenvalue weighted by Gasteiger charge is 1.72. The zero-order chi connectivity index (χ0) is 22.5. The van der Waals surface area contributed by atoms with Gasteiger partial charge in [-0.05, 0) is 13.8 Å². The molecule has 0 unspecified atom stereocenters. The van der Waals surface area contributed by atoms with Gasteiger partial charge in [-0.25, -0.2) is 0 Å². The number of aryl methyl sites for hydroxylation is 2. The van der Waals surface area contributed by atoms with Gasteiger partial charge >= 0.3 is 0 Å². The minimum Gasteiger partial charge on any atom is -0.0683 e. The Kier molecular flexibility index (Phi) is 42.4. The van der Waals surface area contributed by atoms with Crippen LogP contribution in [0.1, 0.15) is 66.5 Å². The Labute approximate surface area is 177 Å². The molecule has 0 saturated heterocycles. The molecule has 0 aliphatic carbocycles. The van der Waals surface area contributed by atoms with Crippen molar-refractivity contribution in [3.05, 3.63) is 108 Å². The van der Waals surface area contributed by atoms with E-state index in [4.69, 9.17) is 0 Å². The summed E-state index contributed by atoms with van der Waals surface area (Å²) in [7, 11) is 0. The lowest BCUT2D eigenvalue weighted by atomic mass is 10.2. The fraction of sp³-hybridized carbons (Fsp3) is 0.357. The summed E-state index contributed by atoms with van der Waals surface area (Å²) in [5, 5.41) is 0. The second kappa shape index (κ2) is 35.7. The van der Waals surface area contributed by atoms with E-state index in [1.54, 1.807) is 0 Å². The van der Waals surface area contributed by atoms with Crippen LogP contribution < -0.4 is 0 Å². The van der Waals surface area contributed by atoms with Gasteiger partial charge in [-0.1, -0.05) is 164 Å². The summed E-state index contributed by atoms with van der Waals surface area (Å²) < 4.78 is 0. The van der Waals surface area contributed by atoms with Gasteiger partial charge in [-0.3, -0.25) is 0 Å². The number of hydrogen-bond acceptors (Lipinski definition) is 0. The van der Waals surface area contributed by atoms with Gasteiger partial charge in [0, 0.05) is 0 Å². The van der Waals surface area contributed by atoms with Crippen LogP contribution in [0.5, 0.6) is 0 Å². The summed E-state index contributed by atoms with van der Waals surface area (Å²) in [5.41, 5.74) is 2.64. The van der Waals surface area contributed by atoms with E-state index in [9.17, 15) is 0 Å². The van der Waals surface area contributed by atoms with Crippen molar-refractivity contribution in [2.24, 2.45) is 0 Å². The van der Waals surface area contributed by atoms with E-state index in [2.05, 4.69) is 38.1 Å². The maximum absolute atomic E-state index is 2.08. The van der Waals surface area contributed by atoms with Gasteiger partial charge < -0.3 is 0 Å². The monoisotopic (exact) mass is 382 g/mol. The Morgan fingerprint density at radius 1 is 0.286 bits per heavy atom. The van der Waals surface area contributed by atoms with Crippen molar-refractivity contribution in [3.63, 3.8) is 0 Å². The van der Waals surface area contributed by atoms with Crippen LogP contribution in [0.4, 0.5) is 0 Å². The normalized spacial score (nSPS) is 6.93. The lowest BCUT2D eigenvalue weighted by Crippen LogP contribution is -1.62. The minimum absolute atomic E-state index is 1.32. The molecule has 0 bridgehead atoms. The third-order valence-corrected chi connectivity index (χ3v) is 2.55. The summed E-state index contributed by atoms with van der Waals surface area (Å²) in [5.74, 6) is 0. The number of hydrogen-bond donors (Lipinski definition) is 0. The van der Waals surface area contributed by atoms with Crippen LogP contribution in [0.25, 0.3) is 0 Å². The fourth-order valence-electron chi connectivity index (χ4n) is 1.45. The van der Waals surface area contributed by atoms with Crippen molar-refractivity contribution in [2.75, 3.05) is 0 Å². The molecule has 0 N–H and O–H groups in total. The molecular weight excluding hydrogens is 336 g/mol. The third kappa shape index (κ3) is 31.4. The van der Waals surface area contributed by atoms with Crippen LogP contribution in [0, 0.1) is 13.8 Å². The van der Waals surface area contributed by atoms with Gasteiger partial charge in [0.15, 0.2) is 0 Å². The van der Waals surface area contributed by atoms with Gasteiger partial charge in [0.2, 0.25) is 0 Å². The number of benzene rings is 3. The van der Waals surface area contributed by atoms with Crippen molar-refractivity contribution in [1.29, 1.82) is 0 Å². The molecule has 0 spiro atoms. The summed E-state index contributed by atoms with van der Waals surface area (Å²) in [6.45, 7) is 20.2. The minimum atomic E-state index is 1.32. The van der Waals surface area contributed by atoms with E-state index in [0.717, 1.165) is 0 Å². The Balaban J connectivity index is -0.000000131. The molecular formula is C28H46. The quantitative estimate of drug-likeness (QED) is 0.363. The molecule has 0 heterocycles. The van der Waals surface area contributed by atoms with E-state index in [-0.39, 0.29) is 0 Å². The van der Waals surface area contributed by atoms with Gasteiger partial charge in [0.1, 0.15) is 0 Å². The van der Waals surface area contributed by atoms with Crippen molar-refractivity contribution in [2.45, 2.75) is 69.2 Å². The van der Waals surface area contributed by atoms with E-state index < -0.39 is 0 Å². The molecule has 0 heteroatoms. The molecule has 0 saturated carbocycles. The predicted octanol–water partition coefficient (Wildman–Crippen LogP) is 9.78. The maximum Gasteiger partial charge on any atom is -0.0398 e. The standard InChI is InChI=1S/2C7H8.C6H6.4C2H6/c2*1-7-5-3-2-4-6-7;1-2-4-6-5-3-1;4*1-2/h2*2-6H,1H3;1-6H;4*1-2H3. The van der Waals surface area contributed by atoms with Crippen molar-refractivity contribution < 1.29 is 0 Å². The molecule has 28 heavy (non-hydrogen) atoms. The largest absolute Gasteiger partial charge is 0.0683 e. The molecule has 0 aliphatic rings. The fourth-order valence-corrected chi connectivity index (χ4v) is 1.45. The summed E-state index contributed by atoms with van der Waals surface area (Å²) >= 11 is 0. The van der Waals surface area contributed by atoms with Crippen molar-refractivity contribution in [3.8, 4) is 0 Å². The number of rotatable bonds is 0. The van der Waals surface area contributed by atoms with Crippen molar-refractivity contribution >= 4 is 0 Å².